The fraction of sp³-hybridized carbons (Fsp3) is 0.556. The third-order valence-corrected chi connectivity index (χ3v) is 4.72. The molecule has 3 rings (SSSR count). The molecule has 0 aromatic heterocycles. The highest BCUT2D eigenvalue weighted by atomic mass is 16.5. The normalized spacial score (nSPS) is 19.4. The van der Waals surface area contributed by atoms with Crippen LogP contribution in [-0.2, 0) is 9.59 Å². The van der Waals surface area contributed by atoms with Crippen LogP contribution in [0.4, 0.5) is 5.69 Å². The van der Waals surface area contributed by atoms with E-state index in [9.17, 15) is 9.59 Å². The number of nitrogens with one attached hydrogen (secondary N) is 1. The van der Waals surface area contributed by atoms with Gasteiger partial charge in [-0.05, 0) is 37.5 Å². The molecule has 1 heterocycles. The Morgan fingerprint density at radius 1 is 1.38 bits per heavy atom. The second kappa shape index (κ2) is 7.21. The number of rotatable bonds is 4. The Kier molecular flexibility index (Phi) is 5.04. The summed E-state index contributed by atoms with van der Waals surface area (Å²) < 4.78 is 5.47. The molecule has 0 bridgehead atoms. The monoisotopic (exact) mass is 331 g/mol. The van der Waals surface area contributed by atoms with Crippen molar-refractivity contribution < 1.29 is 14.3 Å². The molecule has 0 saturated heterocycles. The van der Waals surface area contributed by atoms with Crippen LogP contribution < -0.4 is 20.7 Å². The summed E-state index contributed by atoms with van der Waals surface area (Å²) in [7, 11) is 0. The average molecular weight is 331 g/mol. The summed E-state index contributed by atoms with van der Waals surface area (Å²) >= 11 is 0. The molecule has 6 heteroatoms. The molecule has 0 unspecified atom stereocenters. The topological polar surface area (TPSA) is 84.7 Å². The van der Waals surface area contributed by atoms with Crippen LogP contribution >= 0.6 is 0 Å². The van der Waals surface area contributed by atoms with Crippen molar-refractivity contribution in [3.8, 4) is 5.75 Å². The highest BCUT2D eigenvalue weighted by molar-refractivity contribution is 6.02. The number of hydrogen-bond donors (Lipinski definition) is 2. The van der Waals surface area contributed by atoms with Crippen LogP contribution in [0.5, 0.6) is 5.75 Å². The molecule has 1 aliphatic heterocycles. The molecule has 1 aliphatic carbocycles. The van der Waals surface area contributed by atoms with Crippen molar-refractivity contribution in [2.75, 3.05) is 18.1 Å². The fourth-order valence-corrected chi connectivity index (χ4v) is 3.34. The van der Waals surface area contributed by atoms with Crippen LogP contribution in [0.2, 0.25) is 0 Å². The number of benzene rings is 1. The van der Waals surface area contributed by atoms with Crippen molar-refractivity contribution >= 4 is 17.5 Å². The summed E-state index contributed by atoms with van der Waals surface area (Å²) in [4.78, 5) is 26.1. The first kappa shape index (κ1) is 16.8. The Labute approximate surface area is 142 Å². The van der Waals surface area contributed by atoms with Crippen LogP contribution in [0.3, 0.4) is 0 Å². The van der Waals surface area contributed by atoms with Gasteiger partial charge in [0.1, 0.15) is 12.3 Å². The number of hydrogen-bond acceptors (Lipinski definition) is 4. The zero-order valence-corrected chi connectivity index (χ0v) is 14.1. The molecule has 6 nitrogen and oxygen atoms in total. The summed E-state index contributed by atoms with van der Waals surface area (Å²) in [5.41, 5.74) is 7.46. The highest BCUT2D eigenvalue weighted by Gasteiger charge is 2.28. The van der Waals surface area contributed by atoms with E-state index >= 15 is 0 Å². The molecule has 3 N–H and O–H groups in total. The van der Waals surface area contributed by atoms with Gasteiger partial charge in [-0.25, -0.2) is 0 Å². The maximum absolute atomic E-state index is 12.4. The van der Waals surface area contributed by atoms with Gasteiger partial charge in [-0.3, -0.25) is 14.5 Å². The molecule has 2 amide bonds. The van der Waals surface area contributed by atoms with E-state index in [2.05, 4.69) is 5.32 Å². The molecule has 1 saturated carbocycles. The number of carbonyl (C=O) groups excluding carboxylic acids is 2. The predicted molar refractivity (Wildman–Crippen MR) is 91.9 cm³/mol. The van der Waals surface area contributed by atoms with Gasteiger partial charge in [0, 0.05) is 12.1 Å². The van der Waals surface area contributed by atoms with Crippen LogP contribution in [0.15, 0.2) is 18.2 Å². The minimum atomic E-state index is -0.205. The lowest BCUT2D eigenvalue weighted by atomic mass is 9.95. The van der Waals surface area contributed by atoms with Gasteiger partial charge in [-0.2, -0.15) is 0 Å². The molecule has 0 spiro atoms. The van der Waals surface area contributed by atoms with Crippen LogP contribution in [0.25, 0.3) is 0 Å². The molecule has 1 atom stereocenters. The van der Waals surface area contributed by atoms with E-state index in [-0.39, 0.29) is 37.0 Å². The number of nitrogens with two attached hydrogens (primary N) is 1. The maximum atomic E-state index is 12.4. The SMILES string of the molecule is C[C@H](N)c1ccc2c(c1)N(CC(=O)NC1CCCCC1)C(=O)CO2. The first-order valence-corrected chi connectivity index (χ1v) is 8.66. The number of nitrogens with zero attached hydrogens (tertiary/aromatic N) is 1. The Bertz CT molecular complexity index is 624. The molecule has 0 radical (unpaired) electrons. The summed E-state index contributed by atoms with van der Waals surface area (Å²) in [5.74, 6) is 0.293. The van der Waals surface area contributed by atoms with Gasteiger partial charge in [0.15, 0.2) is 6.61 Å². The van der Waals surface area contributed by atoms with Gasteiger partial charge < -0.3 is 15.8 Å². The van der Waals surface area contributed by atoms with E-state index in [1.165, 1.54) is 11.3 Å². The third kappa shape index (κ3) is 3.70. The van der Waals surface area contributed by atoms with Crippen LogP contribution in [-0.4, -0.2) is 31.0 Å². The second-order valence-corrected chi connectivity index (χ2v) is 6.69. The largest absolute Gasteiger partial charge is 0.482 e. The predicted octanol–water partition coefficient (Wildman–Crippen LogP) is 1.88. The second-order valence-electron chi connectivity index (χ2n) is 6.69. The fourth-order valence-electron chi connectivity index (χ4n) is 3.34. The van der Waals surface area contributed by atoms with E-state index in [1.54, 1.807) is 0 Å². The van der Waals surface area contributed by atoms with Crippen molar-refractivity contribution in [1.29, 1.82) is 0 Å². The number of fused-ring (bicyclic) bond motifs is 1. The van der Waals surface area contributed by atoms with E-state index in [1.807, 2.05) is 25.1 Å². The van der Waals surface area contributed by atoms with Crippen molar-refractivity contribution in [3.05, 3.63) is 23.8 Å². The Balaban J connectivity index is 1.74. The van der Waals surface area contributed by atoms with Crippen LogP contribution in [0, 0.1) is 0 Å². The smallest absolute Gasteiger partial charge is 0.265 e. The minimum absolute atomic E-state index is 0.0219. The van der Waals surface area contributed by atoms with Gasteiger partial charge in [-0.1, -0.05) is 25.3 Å². The molecular formula is C18H25N3O3. The quantitative estimate of drug-likeness (QED) is 0.882. The van der Waals surface area contributed by atoms with Gasteiger partial charge in [0.05, 0.1) is 5.69 Å². The zero-order chi connectivity index (χ0) is 17.1. The summed E-state index contributed by atoms with van der Waals surface area (Å²) in [6.07, 6.45) is 5.59. The van der Waals surface area contributed by atoms with Gasteiger partial charge in [0.25, 0.3) is 5.91 Å². The Morgan fingerprint density at radius 2 is 2.12 bits per heavy atom. The lowest BCUT2D eigenvalue weighted by Crippen LogP contribution is -2.47. The van der Waals surface area contributed by atoms with E-state index < -0.39 is 0 Å². The molecule has 1 aromatic rings. The Hall–Kier alpha value is -2.08. The summed E-state index contributed by atoms with van der Waals surface area (Å²) in [6.45, 7) is 1.86. The number of amides is 2. The molecule has 1 fully saturated rings. The lowest BCUT2D eigenvalue weighted by Gasteiger charge is -2.30. The highest BCUT2D eigenvalue weighted by Crippen LogP contribution is 2.34. The summed E-state index contributed by atoms with van der Waals surface area (Å²) in [5, 5.41) is 3.06. The van der Waals surface area contributed by atoms with E-state index in [4.69, 9.17) is 10.5 Å². The first-order valence-electron chi connectivity index (χ1n) is 8.66. The van der Waals surface area contributed by atoms with Gasteiger partial charge in [0.2, 0.25) is 5.91 Å². The molecule has 1 aromatic carbocycles. The molecule has 2 aliphatic rings. The number of carbonyl (C=O) groups is 2. The number of ether oxygens (including phenoxy) is 1. The molecule has 24 heavy (non-hydrogen) atoms. The lowest BCUT2D eigenvalue weighted by molar-refractivity contribution is -0.125. The Morgan fingerprint density at radius 3 is 2.83 bits per heavy atom. The standard InChI is InChI=1S/C18H25N3O3/c1-12(19)13-7-8-16-15(9-13)21(18(23)11-24-16)10-17(22)20-14-5-3-2-4-6-14/h7-9,12,14H,2-6,10-11,19H2,1H3,(H,20,22)/t12-/m0/s1. The van der Waals surface area contributed by atoms with Gasteiger partial charge >= 0.3 is 0 Å². The zero-order valence-electron chi connectivity index (χ0n) is 14.1. The first-order chi connectivity index (χ1) is 11.5. The third-order valence-electron chi connectivity index (χ3n) is 4.72. The number of anilines is 1. The minimum Gasteiger partial charge on any atom is -0.482 e. The van der Waals surface area contributed by atoms with Crippen LogP contribution in [0.1, 0.15) is 50.6 Å². The van der Waals surface area contributed by atoms with Crippen molar-refractivity contribution in [1.82, 2.24) is 5.32 Å². The van der Waals surface area contributed by atoms with Crippen molar-refractivity contribution in [2.45, 2.75) is 51.1 Å². The van der Waals surface area contributed by atoms with Crippen molar-refractivity contribution in [3.63, 3.8) is 0 Å². The molecule has 130 valence electrons. The molecular weight excluding hydrogens is 306 g/mol. The van der Waals surface area contributed by atoms with Gasteiger partial charge in [-0.15, -0.1) is 0 Å². The van der Waals surface area contributed by atoms with E-state index in [0.29, 0.717) is 11.4 Å². The van der Waals surface area contributed by atoms with E-state index in [0.717, 1.165) is 31.2 Å². The summed E-state index contributed by atoms with van der Waals surface area (Å²) in [6, 6.07) is 5.62. The average Bonchev–Trinajstić information content (AvgIpc) is 2.58. The van der Waals surface area contributed by atoms with Crippen molar-refractivity contribution in [2.24, 2.45) is 5.73 Å². The maximum Gasteiger partial charge on any atom is 0.265 e.